The number of aromatic nitrogens is 3. The molecule has 5 heteroatoms. The third-order valence-electron chi connectivity index (χ3n) is 9.36. The minimum atomic E-state index is 0.667. The van der Waals surface area contributed by atoms with E-state index in [1.54, 1.807) is 0 Å². The van der Waals surface area contributed by atoms with Crippen molar-refractivity contribution in [2.45, 2.75) is 0 Å². The van der Waals surface area contributed by atoms with E-state index in [9.17, 15) is 0 Å². The van der Waals surface area contributed by atoms with E-state index in [-0.39, 0.29) is 0 Å². The lowest BCUT2D eigenvalue weighted by atomic mass is 9.93. The Morgan fingerprint density at radius 2 is 0.860 bits per heavy atom. The van der Waals surface area contributed by atoms with E-state index < -0.39 is 0 Å². The van der Waals surface area contributed by atoms with Crippen molar-refractivity contribution in [1.82, 2.24) is 15.0 Å². The fraction of sp³-hybridized carbons (Fsp3) is 0. The average Bonchev–Trinajstić information content (AvgIpc) is 3.76. The maximum Gasteiger partial charge on any atom is 0.164 e. The van der Waals surface area contributed by atoms with Crippen LogP contribution in [0.1, 0.15) is 0 Å². The molecule has 0 spiro atoms. The van der Waals surface area contributed by atoms with E-state index in [0.29, 0.717) is 17.5 Å². The Balaban J connectivity index is 1.09. The second kappa shape index (κ2) is 11.8. The lowest BCUT2D eigenvalue weighted by Crippen LogP contribution is -1.99. The van der Waals surface area contributed by atoms with Gasteiger partial charge in [-0.1, -0.05) is 140 Å². The normalized spacial score (nSPS) is 11.6. The predicted octanol–water partition coefficient (Wildman–Crippen LogP) is 12.9. The van der Waals surface area contributed by atoms with E-state index in [4.69, 9.17) is 15.0 Å². The van der Waals surface area contributed by atoms with E-state index in [1.807, 2.05) is 83.3 Å². The molecule has 10 aromatic rings. The Morgan fingerprint density at radius 3 is 1.62 bits per heavy atom. The third kappa shape index (κ3) is 4.90. The van der Waals surface area contributed by atoms with Crippen molar-refractivity contribution < 1.29 is 0 Å². The molecule has 0 unspecified atom stereocenters. The van der Waals surface area contributed by atoms with Crippen LogP contribution in [-0.2, 0) is 0 Å². The Labute approximate surface area is 296 Å². The summed E-state index contributed by atoms with van der Waals surface area (Å²) in [5, 5.41) is 5.13. The summed E-state index contributed by atoms with van der Waals surface area (Å²) >= 11 is 3.69. The molecular formula is C45H27N3S2. The van der Waals surface area contributed by atoms with Gasteiger partial charge in [0.2, 0.25) is 0 Å². The second-order valence-electron chi connectivity index (χ2n) is 12.4. The highest BCUT2D eigenvalue weighted by molar-refractivity contribution is 7.26. The van der Waals surface area contributed by atoms with Crippen LogP contribution in [0.2, 0.25) is 0 Å². The van der Waals surface area contributed by atoms with Crippen molar-refractivity contribution in [3.8, 4) is 56.4 Å². The zero-order valence-electron chi connectivity index (χ0n) is 26.7. The first-order chi connectivity index (χ1) is 24.8. The first-order valence-corrected chi connectivity index (χ1v) is 18.2. The van der Waals surface area contributed by atoms with Gasteiger partial charge in [-0.15, -0.1) is 22.7 Å². The van der Waals surface area contributed by atoms with Gasteiger partial charge >= 0.3 is 0 Å². The van der Waals surface area contributed by atoms with Crippen LogP contribution < -0.4 is 0 Å². The van der Waals surface area contributed by atoms with Gasteiger partial charge in [-0.2, -0.15) is 0 Å². The van der Waals surface area contributed by atoms with Gasteiger partial charge in [0, 0.05) is 62.6 Å². The summed E-state index contributed by atoms with van der Waals surface area (Å²) in [5.74, 6) is 2.00. The summed E-state index contributed by atoms with van der Waals surface area (Å²) in [6.07, 6.45) is 0. The third-order valence-corrected chi connectivity index (χ3v) is 11.7. The highest BCUT2D eigenvalue weighted by Gasteiger charge is 2.17. The van der Waals surface area contributed by atoms with Gasteiger partial charge in [-0.3, -0.25) is 0 Å². The van der Waals surface area contributed by atoms with Gasteiger partial charge in [-0.25, -0.2) is 15.0 Å². The second-order valence-corrected chi connectivity index (χ2v) is 14.5. The molecule has 0 bridgehead atoms. The molecule has 3 heterocycles. The summed E-state index contributed by atoms with van der Waals surface area (Å²) in [7, 11) is 0. The van der Waals surface area contributed by atoms with Gasteiger partial charge in [-0.05, 0) is 41.0 Å². The predicted molar refractivity (Wildman–Crippen MR) is 213 cm³/mol. The molecule has 10 rings (SSSR count). The molecule has 3 aromatic heterocycles. The zero-order valence-corrected chi connectivity index (χ0v) is 28.4. The fourth-order valence-electron chi connectivity index (χ4n) is 6.95. The Hall–Kier alpha value is -6.01. The van der Waals surface area contributed by atoms with Gasteiger partial charge in [0.05, 0.1) is 0 Å². The van der Waals surface area contributed by atoms with Crippen LogP contribution in [0, 0.1) is 0 Å². The van der Waals surface area contributed by atoms with Crippen LogP contribution >= 0.6 is 22.7 Å². The highest BCUT2D eigenvalue weighted by atomic mass is 32.1. The molecule has 0 aliphatic rings. The van der Waals surface area contributed by atoms with Crippen LogP contribution in [0.3, 0.4) is 0 Å². The van der Waals surface area contributed by atoms with Crippen LogP contribution in [0.4, 0.5) is 0 Å². The van der Waals surface area contributed by atoms with Crippen molar-refractivity contribution in [3.63, 3.8) is 0 Å². The lowest BCUT2D eigenvalue weighted by molar-refractivity contribution is 1.07. The Kier molecular flexibility index (Phi) is 6.86. The van der Waals surface area contributed by atoms with Gasteiger partial charge in [0.15, 0.2) is 17.5 Å². The van der Waals surface area contributed by atoms with Crippen molar-refractivity contribution in [1.29, 1.82) is 0 Å². The topological polar surface area (TPSA) is 38.7 Å². The molecule has 234 valence electrons. The van der Waals surface area contributed by atoms with Crippen molar-refractivity contribution in [2.75, 3.05) is 0 Å². The molecule has 0 N–H and O–H groups in total. The molecular weight excluding hydrogens is 647 g/mol. The van der Waals surface area contributed by atoms with E-state index in [1.165, 1.54) is 62.6 Å². The SMILES string of the molecule is c1ccc(-c2nc(-c3ccccc3)nc(-c3ccc4c(c3)sc3ccc(-c5ccccc5-c5cccc6c5sc5ccccc56)cc34)n2)cc1. The van der Waals surface area contributed by atoms with E-state index >= 15 is 0 Å². The minimum absolute atomic E-state index is 0.667. The van der Waals surface area contributed by atoms with Crippen LogP contribution in [0.15, 0.2) is 164 Å². The summed E-state index contributed by atoms with van der Waals surface area (Å²) in [5.41, 5.74) is 7.89. The standard InChI is InChI=1S/C45H27N3S2/c1-3-12-28(13-4-1)43-46-44(29-14-5-2-6-15-29)48-45(47-43)31-22-24-35-38-26-30(23-25-40(38)49-41(35)27-31)32-16-7-8-17-33(32)36-19-11-20-37-34-18-9-10-21-39(34)50-42(36)37/h1-27H. The minimum Gasteiger partial charge on any atom is -0.208 e. The number of thiophene rings is 2. The number of hydrogen-bond donors (Lipinski definition) is 0. The summed E-state index contributed by atoms with van der Waals surface area (Å²) in [4.78, 5) is 14.8. The number of fused-ring (bicyclic) bond motifs is 6. The first-order valence-electron chi connectivity index (χ1n) is 16.6. The molecule has 7 aromatic carbocycles. The van der Waals surface area contributed by atoms with Crippen LogP contribution in [0.5, 0.6) is 0 Å². The summed E-state index contributed by atoms with van der Waals surface area (Å²) in [6.45, 7) is 0. The molecule has 0 saturated heterocycles. The molecule has 0 radical (unpaired) electrons. The molecule has 50 heavy (non-hydrogen) atoms. The average molecular weight is 674 g/mol. The number of benzene rings is 7. The molecule has 0 amide bonds. The summed E-state index contributed by atoms with van der Waals surface area (Å²) < 4.78 is 5.12. The molecule has 0 aliphatic carbocycles. The molecule has 0 fully saturated rings. The van der Waals surface area contributed by atoms with Crippen molar-refractivity contribution in [2.24, 2.45) is 0 Å². The molecule has 0 aliphatic heterocycles. The van der Waals surface area contributed by atoms with E-state index in [0.717, 1.165) is 16.7 Å². The number of nitrogens with zero attached hydrogens (tertiary/aromatic N) is 3. The van der Waals surface area contributed by atoms with Gasteiger partial charge in [0.1, 0.15) is 0 Å². The number of rotatable bonds is 5. The molecule has 0 saturated carbocycles. The van der Waals surface area contributed by atoms with Crippen molar-refractivity contribution >= 4 is 63.0 Å². The fourth-order valence-corrected chi connectivity index (χ4v) is 9.31. The van der Waals surface area contributed by atoms with Crippen molar-refractivity contribution in [3.05, 3.63) is 164 Å². The largest absolute Gasteiger partial charge is 0.208 e. The van der Waals surface area contributed by atoms with Gasteiger partial charge in [0.25, 0.3) is 0 Å². The Bertz CT molecular complexity index is 2810. The Morgan fingerprint density at radius 1 is 0.300 bits per heavy atom. The maximum atomic E-state index is 4.97. The summed E-state index contributed by atoms with van der Waals surface area (Å²) in [6, 6.07) is 58.0. The zero-order chi connectivity index (χ0) is 33.0. The monoisotopic (exact) mass is 673 g/mol. The quantitative estimate of drug-likeness (QED) is 0.182. The van der Waals surface area contributed by atoms with E-state index in [2.05, 4.69) is 103 Å². The van der Waals surface area contributed by atoms with Crippen LogP contribution in [-0.4, -0.2) is 15.0 Å². The molecule has 0 atom stereocenters. The first kappa shape index (κ1) is 29.0. The van der Waals surface area contributed by atoms with Crippen LogP contribution in [0.25, 0.3) is 96.8 Å². The maximum absolute atomic E-state index is 4.97. The van der Waals surface area contributed by atoms with Gasteiger partial charge < -0.3 is 0 Å². The number of hydrogen-bond acceptors (Lipinski definition) is 5. The molecule has 3 nitrogen and oxygen atoms in total. The lowest BCUT2D eigenvalue weighted by Gasteiger charge is -2.12. The highest BCUT2D eigenvalue weighted by Crippen LogP contribution is 2.44. The smallest absolute Gasteiger partial charge is 0.164 e.